The van der Waals surface area contributed by atoms with Crippen molar-refractivity contribution in [2.45, 2.75) is 19.5 Å². The van der Waals surface area contributed by atoms with Crippen LogP contribution in [0.4, 0.5) is 0 Å². The highest BCUT2D eigenvalue weighted by atomic mass is 35.5. The molecule has 3 aromatic rings. The van der Waals surface area contributed by atoms with Gasteiger partial charge >= 0.3 is 0 Å². The third kappa shape index (κ3) is 2.33. The van der Waals surface area contributed by atoms with Crippen molar-refractivity contribution in [2.75, 3.05) is 6.54 Å². The van der Waals surface area contributed by atoms with Crippen LogP contribution in [-0.4, -0.2) is 16.0 Å². The number of aryl methyl sites for hydroxylation is 1. The van der Waals surface area contributed by atoms with Crippen LogP contribution in [0, 0.1) is 0 Å². The van der Waals surface area contributed by atoms with Gasteiger partial charge in [0.25, 0.3) is 0 Å². The Morgan fingerprint density at radius 2 is 1.91 bits per heavy atom. The normalized spacial score (nSPS) is 15.2. The third-order valence-corrected chi connectivity index (χ3v) is 4.93. The second-order valence-corrected chi connectivity index (χ2v) is 6.53. The molecule has 0 unspecified atom stereocenters. The van der Waals surface area contributed by atoms with Crippen molar-refractivity contribution in [3.8, 4) is 0 Å². The number of hydrogen-bond acceptors (Lipinski definition) is 1. The lowest BCUT2D eigenvalue weighted by molar-refractivity contribution is 0.244. The molecule has 0 bridgehead atoms. The Kier molecular flexibility index (Phi) is 3.44. The molecule has 3 heteroatoms. The molecule has 0 radical (unpaired) electrons. The van der Waals surface area contributed by atoms with E-state index in [1.807, 2.05) is 6.07 Å². The van der Waals surface area contributed by atoms with E-state index in [4.69, 9.17) is 11.6 Å². The van der Waals surface area contributed by atoms with Crippen molar-refractivity contribution in [2.24, 2.45) is 7.05 Å². The number of benzene rings is 2. The Morgan fingerprint density at radius 3 is 2.73 bits per heavy atom. The number of aromatic nitrogens is 1. The summed E-state index contributed by atoms with van der Waals surface area (Å²) in [6.07, 6.45) is 1.10. The Hall–Kier alpha value is -1.77. The minimum absolute atomic E-state index is 0.820. The maximum Gasteiger partial charge on any atom is 0.0484 e. The molecular weight excluding hydrogens is 292 g/mol. The van der Waals surface area contributed by atoms with Crippen LogP contribution >= 0.6 is 11.6 Å². The van der Waals surface area contributed by atoms with Crippen LogP contribution in [0.2, 0.25) is 5.02 Å². The van der Waals surface area contributed by atoms with Gasteiger partial charge in [-0.3, -0.25) is 4.90 Å². The first-order chi connectivity index (χ1) is 10.7. The van der Waals surface area contributed by atoms with Gasteiger partial charge in [-0.2, -0.15) is 0 Å². The molecule has 4 rings (SSSR count). The summed E-state index contributed by atoms with van der Waals surface area (Å²) in [5.74, 6) is 0. The number of rotatable bonds is 2. The summed E-state index contributed by atoms with van der Waals surface area (Å²) in [7, 11) is 2.17. The van der Waals surface area contributed by atoms with Gasteiger partial charge in [-0.15, -0.1) is 0 Å². The average molecular weight is 311 g/mol. The van der Waals surface area contributed by atoms with Gasteiger partial charge in [0.15, 0.2) is 0 Å². The topological polar surface area (TPSA) is 8.17 Å². The minimum atomic E-state index is 0.820. The molecule has 1 aromatic heterocycles. The molecule has 2 heterocycles. The van der Waals surface area contributed by atoms with E-state index in [9.17, 15) is 0 Å². The van der Waals surface area contributed by atoms with E-state index in [2.05, 4.69) is 59.0 Å². The molecule has 0 N–H and O–H groups in total. The number of halogens is 1. The molecular formula is C19H19ClN2. The molecule has 0 spiro atoms. The second-order valence-electron chi connectivity index (χ2n) is 6.09. The van der Waals surface area contributed by atoms with E-state index in [0.29, 0.717) is 0 Å². The average Bonchev–Trinajstić information content (AvgIpc) is 2.81. The van der Waals surface area contributed by atoms with Crippen LogP contribution in [0.3, 0.4) is 0 Å². The van der Waals surface area contributed by atoms with Gasteiger partial charge in [0.1, 0.15) is 0 Å². The first-order valence-corrected chi connectivity index (χ1v) is 8.12. The van der Waals surface area contributed by atoms with E-state index in [1.165, 1.54) is 27.7 Å². The van der Waals surface area contributed by atoms with Crippen molar-refractivity contribution in [3.05, 3.63) is 70.4 Å². The molecule has 1 aliphatic rings. The smallest absolute Gasteiger partial charge is 0.0484 e. The molecule has 0 aliphatic carbocycles. The maximum atomic E-state index is 6.21. The van der Waals surface area contributed by atoms with Crippen molar-refractivity contribution in [1.82, 2.24) is 9.47 Å². The predicted molar refractivity (Wildman–Crippen MR) is 92.2 cm³/mol. The lowest BCUT2D eigenvalue weighted by Gasteiger charge is -2.27. The third-order valence-electron chi connectivity index (χ3n) is 4.69. The fraction of sp³-hybridized carbons (Fsp3) is 0.263. The highest BCUT2D eigenvalue weighted by Crippen LogP contribution is 2.32. The van der Waals surface area contributed by atoms with E-state index in [1.54, 1.807) is 0 Å². The summed E-state index contributed by atoms with van der Waals surface area (Å²) in [6.45, 7) is 3.12. The summed E-state index contributed by atoms with van der Waals surface area (Å²) < 4.78 is 2.33. The molecule has 22 heavy (non-hydrogen) atoms. The van der Waals surface area contributed by atoms with Crippen LogP contribution in [-0.2, 0) is 26.6 Å². The minimum Gasteiger partial charge on any atom is -0.347 e. The SMILES string of the molecule is Cn1c2c(c3cc(Cl)ccc31)CN(Cc1ccccc1)CC2. The molecule has 2 aromatic carbocycles. The highest BCUT2D eigenvalue weighted by molar-refractivity contribution is 6.31. The first-order valence-electron chi connectivity index (χ1n) is 7.74. The summed E-state index contributed by atoms with van der Waals surface area (Å²) in [4.78, 5) is 2.53. The van der Waals surface area contributed by atoms with Gasteiger partial charge in [-0.25, -0.2) is 0 Å². The standard InChI is InChI=1S/C19H19ClN2/c1-21-18-8-7-15(20)11-16(18)17-13-22(10-9-19(17)21)12-14-5-3-2-4-6-14/h2-8,11H,9-10,12-13H2,1H3. The number of hydrogen-bond donors (Lipinski definition) is 0. The lowest BCUT2D eigenvalue weighted by atomic mass is 10.0. The predicted octanol–water partition coefficient (Wildman–Crippen LogP) is 4.39. The van der Waals surface area contributed by atoms with Crippen molar-refractivity contribution < 1.29 is 0 Å². The van der Waals surface area contributed by atoms with Gasteiger partial charge in [0.05, 0.1) is 0 Å². The van der Waals surface area contributed by atoms with Crippen molar-refractivity contribution in [3.63, 3.8) is 0 Å². The van der Waals surface area contributed by atoms with Crippen molar-refractivity contribution >= 4 is 22.5 Å². The zero-order chi connectivity index (χ0) is 15.1. The first kappa shape index (κ1) is 13.9. The van der Waals surface area contributed by atoms with Crippen LogP contribution in [0.1, 0.15) is 16.8 Å². The van der Waals surface area contributed by atoms with Gasteiger partial charge in [0.2, 0.25) is 0 Å². The lowest BCUT2D eigenvalue weighted by Crippen LogP contribution is -2.30. The Morgan fingerprint density at radius 1 is 1.09 bits per heavy atom. The fourth-order valence-corrected chi connectivity index (χ4v) is 3.76. The summed E-state index contributed by atoms with van der Waals surface area (Å²) in [5, 5.41) is 2.13. The van der Waals surface area contributed by atoms with E-state index < -0.39 is 0 Å². The van der Waals surface area contributed by atoms with Gasteiger partial charge in [0, 0.05) is 54.7 Å². The molecule has 2 nitrogen and oxygen atoms in total. The second kappa shape index (κ2) is 5.45. The molecule has 112 valence electrons. The van der Waals surface area contributed by atoms with Gasteiger partial charge < -0.3 is 4.57 Å². The van der Waals surface area contributed by atoms with Gasteiger partial charge in [-0.05, 0) is 29.3 Å². The van der Waals surface area contributed by atoms with Gasteiger partial charge in [-0.1, -0.05) is 41.9 Å². The zero-order valence-corrected chi connectivity index (χ0v) is 13.5. The molecule has 0 amide bonds. The Labute approximate surface area is 135 Å². The Balaban J connectivity index is 1.69. The molecule has 0 saturated carbocycles. The van der Waals surface area contributed by atoms with Crippen LogP contribution in [0.25, 0.3) is 10.9 Å². The number of fused-ring (bicyclic) bond motifs is 3. The Bertz CT molecular complexity index is 820. The summed E-state index contributed by atoms with van der Waals surface area (Å²) in [6, 6.07) is 16.9. The maximum absolute atomic E-state index is 6.21. The molecule has 0 fully saturated rings. The van der Waals surface area contributed by atoms with E-state index >= 15 is 0 Å². The van der Waals surface area contributed by atoms with Crippen LogP contribution < -0.4 is 0 Å². The fourth-order valence-electron chi connectivity index (χ4n) is 3.58. The van der Waals surface area contributed by atoms with E-state index in [0.717, 1.165) is 31.1 Å². The monoisotopic (exact) mass is 310 g/mol. The molecule has 0 saturated heterocycles. The molecule has 1 aliphatic heterocycles. The largest absolute Gasteiger partial charge is 0.347 e. The number of nitrogens with zero attached hydrogens (tertiary/aromatic N) is 2. The van der Waals surface area contributed by atoms with E-state index in [-0.39, 0.29) is 0 Å². The highest BCUT2D eigenvalue weighted by Gasteiger charge is 2.22. The summed E-state index contributed by atoms with van der Waals surface area (Å²) in [5.41, 5.74) is 5.57. The zero-order valence-electron chi connectivity index (χ0n) is 12.7. The van der Waals surface area contributed by atoms with Crippen LogP contribution in [0.5, 0.6) is 0 Å². The van der Waals surface area contributed by atoms with Crippen molar-refractivity contribution in [1.29, 1.82) is 0 Å². The quantitative estimate of drug-likeness (QED) is 0.681. The van der Waals surface area contributed by atoms with Crippen LogP contribution in [0.15, 0.2) is 48.5 Å². The molecule has 0 atom stereocenters. The summed E-state index contributed by atoms with van der Waals surface area (Å²) >= 11 is 6.21.